The van der Waals surface area contributed by atoms with Crippen LogP contribution in [0.1, 0.15) is 42.1 Å². The lowest BCUT2D eigenvalue weighted by Gasteiger charge is -2.34. The first-order valence-electron chi connectivity index (χ1n) is 10.7. The van der Waals surface area contributed by atoms with Crippen molar-refractivity contribution >= 4 is 17.6 Å². The van der Waals surface area contributed by atoms with Crippen molar-refractivity contribution in [2.45, 2.75) is 52.1 Å². The minimum Gasteiger partial charge on any atom is -0.355 e. The molecular weight excluding hydrogens is 409 g/mol. The number of aromatic nitrogens is 1. The highest BCUT2D eigenvalue weighted by molar-refractivity contribution is 5.87. The van der Waals surface area contributed by atoms with Crippen molar-refractivity contribution in [2.75, 3.05) is 18.0 Å². The lowest BCUT2D eigenvalue weighted by atomic mass is 10.0. The highest BCUT2D eigenvalue weighted by Crippen LogP contribution is 2.25. The molecule has 2 aromatic rings. The average molecular weight is 438 g/mol. The zero-order chi connectivity index (χ0) is 23.3. The Morgan fingerprint density at radius 3 is 2.62 bits per heavy atom. The molecule has 1 aliphatic rings. The summed E-state index contributed by atoms with van der Waals surface area (Å²) in [7, 11) is 0. The van der Waals surface area contributed by atoms with Crippen molar-refractivity contribution in [3.8, 4) is 6.07 Å². The quantitative estimate of drug-likeness (QED) is 0.724. The second kappa shape index (κ2) is 10.2. The van der Waals surface area contributed by atoms with E-state index in [-0.39, 0.29) is 30.1 Å². The van der Waals surface area contributed by atoms with E-state index in [1.165, 1.54) is 19.1 Å². The molecule has 1 aliphatic heterocycles. The van der Waals surface area contributed by atoms with Gasteiger partial charge < -0.3 is 15.5 Å². The number of carbonyl (C=O) groups excluding carboxylic acids is 2. The largest absolute Gasteiger partial charge is 0.355 e. The van der Waals surface area contributed by atoms with Gasteiger partial charge in [-0.2, -0.15) is 5.26 Å². The Hall–Kier alpha value is -3.47. The van der Waals surface area contributed by atoms with Gasteiger partial charge in [0.25, 0.3) is 0 Å². The van der Waals surface area contributed by atoms with Gasteiger partial charge in [-0.3, -0.25) is 9.59 Å². The Morgan fingerprint density at radius 2 is 2.00 bits per heavy atom. The number of halogens is 1. The second-order valence-corrected chi connectivity index (χ2v) is 8.25. The van der Waals surface area contributed by atoms with Crippen molar-refractivity contribution in [3.05, 3.63) is 58.5 Å². The molecule has 3 rings (SSSR count). The van der Waals surface area contributed by atoms with Gasteiger partial charge in [-0.05, 0) is 56.0 Å². The summed E-state index contributed by atoms with van der Waals surface area (Å²) < 4.78 is 13.5. The third-order valence-corrected chi connectivity index (χ3v) is 5.60. The molecule has 1 atom stereocenters. The molecule has 0 unspecified atom stereocenters. The van der Waals surface area contributed by atoms with E-state index in [2.05, 4.69) is 26.6 Å². The molecule has 32 heavy (non-hydrogen) atoms. The lowest BCUT2D eigenvalue weighted by Crippen LogP contribution is -2.52. The summed E-state index contributed by atoms with van der Waals surface area (Å²) in [6, 6.07) is 9.33. The SMILES string of the molecule is CC(=O)N[C@H](Cc1cccc(F)c1)C(=O)NC1CCN(c2nc(C)cc(C)c2C#N)CC1. The zero-order valence-corrected chi connectivity index (χ0v) is 18.6. The van der Waals surface area contributed by atoms with Crippen LogP contribution in [0.5, 0.6) is 0 Å². The number of hydrogen-bond acceptors (Lipinski definition) is 5. The number of hydrogen-bond donors (Lipinski definition) is 2. The third-order valence-electron chi connectivity index (χ3n) is 5.60. The first-order chi connectivity index (χ1) is 15.3. The summed E-state index contributed by atoms with van der Waals surface area (Å²) >= 11 is 0. The molecule has 0 bridgehead atoms. The van der Waals surface area contributed by atoms with Gasteiger partial charge in [0.05, 0.1) is 5.56 Å². The number of nitriles is 1. The first kappa shape index (κ1) is 23.2. The summed E-state index contributed by atoms with van der Waals surface area (Å²) in [5.41, 5.74) is 2.99. The molecule has 0 radical (unpaired) electrons. The Bertz CT molecular complexity index is 1040. The van der Waals surface area contributed by atoms with Crippen molar-refractivity contribution < 1.29 is 14.0 Å². The van der Waals surface area contributed by atoms with E-state index in [0.717, 1.165) is 11.3 Å². The molecule has 7 nitrogen and oxygen atoms in total. The van der Waals surface area contributed by atoms with Crippen LogP contribution in [0, 0.1) is 31.0 Å². The summed E-state index contributed by atoms with van der Waals surface area (Å²) in [5.74, 6) is -0.294. The van der Waals surface area contributed by atoms with E-state index in [0.29, 0.717) is 42.9 Å². The molecule has 0 saturated carbocycles. The van der Waals surface area contributed by atoms with Crippen LogP contribution >= 0.6 is 0 Å². The average Bonchev–Trinajstić information content (AvgIpc) is 2.73. The zero-order valence-electron chi connectivity index (χ0n) is 18.6. The van der Waals surface area contributed by atoms with Gasteiger partial charge in [-0.15, -0.1) is 0 Å². The highest BCUT2D eigenvalue weighted by Gasteiger charge is 2.27. The maximum atomic E-state index is 13.5. The van der Waals surface area contributed by atoms with Gasteiger partial charge >= 0.3 is 0 Å². The second-order valence-electron chi connectivity index (χ2n) is 8.25. The van der Waals surface area contributed by atoms with Crippen LogP contribution in [-0.2, 0) is 16.0 Å². The highest BCUT2D eigenvalue weighted by atomic mass is 19.1. The number of piperidine rings is 1. The van der Waals surface area contributed by atoms with Gasteiger partial charge in [-0.25, -0.2) is 9.37 Å². The number of carbonyl (C=O) groups is 2. The number of anilines is 1. The van der Waals surface area contributed by atoms with Crippen molar-refractivity contribution in [2.24, 2.45) is 0 Å². The molecule has 1 aromatic heterocycles. The van der Waals surface area contributed by atoms with E-state index in [1.807, 2.05) is 19.9 Å². The van der Waals surface area contributed by atoms with Crippen LogP contribution < -0.4 is 15.5 Å². The van der Waals surface area contributed by atoms with E-state index in [9.17, 15) is 19.2 Å². The molecule has 168 valence electrons. The van der Waals surface area contributed by atoms with Crippen molar-refractivity contribution in [1.29, 1.82) is 5.26 Å². The molecule has 1 saturated heterocycles. The smallest absolute Gasteiger partial charge is 0.243 e. The number of benzene rings is 1. The maximum Gasteiger partial charge on any atom is 0.243 e. The van der Waals surface area contributed by atoms with E-state index < -0.39 is 6.04 Å². The van der Waals surface area contributed by atoms with Gasteiger partial charge in [0.15, 0.2) is 0 Å². The molecule has 8 heteroatoms. The third kappa shape index (κ3) is 5.82. The van der Waals surface area contributed by atoms with Gasteiger partial charge in [0, 0.05) is 38.2 Å². The fourth-order valence-corrected chi connectivity index (χ4v) is 4.08. The fraction of sp³-hybridized carbons (Fsp3) is 0.417. The van der Waals surface area contributed by atoms with Crippen LogP contribution in [0.15, 0.2) is 30.3 Å². The first-order valence-corrected chi connectivity index (χ1v) is 10.7. The molecule has 0 spiro atoms. The molecule has 1 fully saturated rings. The predicted molar refractivity (Wildman–Crippen MR) is 120 cm³/mol. The Morgan fingerprint density at radius 1 is 1.28 bits per heavy atom. The fourth-order valence-electron chi connectivity index (χ4n) is 4.08. The molecular formula is C24H28FN5O2. The number of nitrogens with zero attached hydrogens (tertiary/aromatic N) is 3. The summed E-state index contributed by atoms with van der Waals surface area (Å²) in [6.07, 6.45) is 1.59. The van der Waals surface area contributed by atoms with Crippen molar-refractivity contribution in [1.82, 2.24) is 15.6 Å². The standard InChI is InChI=1S/C24H28FN5O2/c1-15-11-16(2)27-23(21(15)14-26)30-9-7-20(8-10-30)29-24(32)22(28-17(3)31)13-18-5-4-6-19(25)12-18/h4-6,11-12,20,22H,7-10,13H2,1-3H3,(H,28,31)(H,29,32)/t22-/m1/s1. The number of aryl methyl sites for hydroxylation is 2. The number of pyridine rings is 1. The van der Waals surface area contributed by atoms with Gasteiger partial charge in [0.1, 0.15) is 23.7 Å². The summed E-state index contributed by atoms with van der Waals surface area (Å²) in [6.45, 7) is 6.48. The van der Waals surface area contributed by atoms with Crippen LogP contribution in [0.4, 0.5) is 10.2 Å². The minimum atomic E-state index is -0.779. The predicted octanol–water partition coefficient (Wildman–Crippen LogP) is 2.54. The monoisotopic (exact) mass is 437 g/mol. The number of amides is 2. The summed E-state index contributed by atoms with van der Waals surface area (Å²) in [4.78, 5) is 31.2. The summed E-state index contributed by atoms with van der Waals surface area (Å²) in [5, 5.41) is 15.2. The minimum absolute atomic E-state index is 0.0565. The maximum absolute atomic E-state index is 13.5. The van der Waals surface area contributed by atoms with E-state index >= 15 is 0 Å². The molecule has 2 heterocycles. The topological polar surface area (TPSA) is 98.1 Å². The van der Waals surface area contributed by atoms with Crippen molar-refractivity contribution in [3.63, 3.8) is 0 Å². The molecule has 0 aliphatic carbocycles. The van der Waals surface area contributed by atoms with Crippen LogP contribution in [0.2, 0.25) is 0 Å². The number of nitrogens with one attached hydrogen (secondary N) is 2. The van der Waals surface area contributed by atoms with Crippen LogP contribution in [0.3, 0.4) is 0 Å². The van der Waals surface area contributed by atoms with Crippen LogP contribution in [0.25, 0.3) is 0 Å². The normalized spacial score (nSPS) is 15.0. The molecule has 2 amide bonds. The van der Waals surface area contributed by atoms with Crippen LogP contribution in [-0.4, -0.2) is 42.0 Å². The lowest BCUT2D eigenvalue weighted by molar-refractivity contribution is -0.128. The molecule has 2 N–H and O–H groups in total. The Balaban J connectivity index is 1.63. The Labute approximate surface area is 187 Å². The Kier molecular flexibility index (Phi) is 7.41. The van der Waals surface area contributed by atoms with Gasteiger partial charge in [-0.1, -0.05) is 12.1 Å². The van der Waals surface area contributed by atoms with E-state index in [4.69, 9.17) is 0 Å². The molecule has 1 aromatic carbocycles. The van der Waals surface area contributed by atoms with Gasteiger partial charge in [0.2, 0.25) is 11.8 Å². The number of rotatable bonds is 6. The van der Waals surface area contributed by atoms with E-state index in [1.54, 1.807) is 12.1 Å².